The third-order valence-electron chi connectivity index (χ3n) is 9.46. The molecule has 4 aromatic carbocycles. The molecule has 5 aromatic rings. The van der Waals surface area contributed by atoms with Crippen LogP contribution in [0.3, 0.4) is 0 Å². The first-order valence-electron chi connectivity index (χ1n) is 18.0. The predicted molar refractivity (Wildman–Crippen MR) is 201 cm³/mol. The lowest BCUT2D eigenvalue weighted by Crippen LogP contribution is -2.45. The van der Waals surface area contributed by atoms with Gasteiger partial charge >= 0.3 is 11.9 Å². The number of fused-ring (bicyclic) bond motifs is 1. The molecule has 1 aliphatic rings. The van der Waals surface area contributed by atoms with Crippen LogP contribution >= 0.6 is 11.6 Å². The maximum atomic E-state index is 16.0. The monoisotopic (exact) mass is 776 g/mol. The topological polar surface area (TPSA) is 177 Å². The molecular weight excluding hydrogens is 735 g/mol. The van der Waals surface area contributed by atoms with Crippen molar-refractivity contribution in [2.75, 3.05) is 26.3 Å². The Hall–Kier alpha value is -5.28. The summed E-state index contributed by atoms with van der Waals surface area (Å²) < 4.78 is 39.0. The first-order valence-corrected chi connectivity index (χ1v) is 18.4. The van der Waals surface area contributed by atoms with E-state index >= 15 is 4.39 Å². The number of likely N-dealkylation sites (tertiary alicyclic amines) is 1. The molecule has 4 N–H and O–H groups in total. The van der Waals surface area contributed by atoms with Crippen LogP contribution in [0.4, 0.5) is 4.39 Å². The Balaban J connectivity index is 1.11. The Bertz CT molecular complexity index is 2100. The van der Waals surface area contributed by atoms with Crippen molar-refractivity contribution in [1.29, 1.82) is 0 Å². The molecule has 1 saturated heterocycles. The van der Waals surface area contributed by atoms with Crippen LogP contribution in [0.15, 0.2) is 77.4 Å². The number of hydrogen-bond acceptors (Lipinski definition) is 11. The Morgan fingerprint density at radius 2 is 1.75 bits per heavy atom. The van der Waals surface area contributed by atoms with Crippen LogP contribution in [-0.2, 0) is 29.3 Å². The van der Waals surface area contributed by atoms with Gasteiger partial charge in [-0.1, -0.05) is 54.4 Å². The van der Waals surface area contributed by atoms with Crippen LogP contribution in [0.5, 0.6) is 17.2 Å². The molecular formula is C40H42ClFN4O9. The van der Waals surface area contributed by atoms with Crippen LogP contribution in [0, 0.1) is 5.82 Å². The van der Waals surface area contributed by atoms with E-state index in [-0.39, 0.29) is 36.1 Å². The van der Waals surface area contributed by atoms with Gasteiger partial charge in [0.2, 0.25) is 0 Å². The van der Waals surface area contributed by atoms with Gasteiger partial charge in [-0.15, -0.1) is 0 Å². The first-order chi connectivity index (χ1) is 26.7. The third kappa shape index (κ3) is 10.3. The SMILES string of the molecule is O=C(O)[C@@H](CO)NCc1cc(Cl)c(OCc2cccc(-c3cccc(OCCCCN4CCCC[C@H]4C(=O)O)c3)c2F)cc1OCc1ccc2nonc2c1. The summed E-state index contributed by atoms with van der Waals surface area (Å²) in [5.41, 5.74) is 3.68. The van der Waals surface area contributed by atoms with Crippen molar-refractivity contribution in [3.63, 3.8) is 0 Å². The van der Waals surface area contributed by atoms with Gasteiger partial charge in [-0.05, 0) is 90.5 Å². The van der Waals surface area contributed by atoms with E-state index in [1.54, 1.807) is 66.7 Å². The number of piperidine rings is 1. The molecule has 1 aliphatic heterocycles. The number of unbranched alkanes of at least 4 members (excludes halogenated alkanes) is 1. The summed E-state index contributed by atoms with van der Waals surface area (Å²) in [6.07, 6.45) is 4.20. The molecule has 55 heavy (non-hydrogen) atoms. The number of hydrogen-bond donors (Lipinski definition) is 4. The smallest absolute Gasteiger partial charge is 0.323 e. The van der Waals surface area contributed by atoms with E-state index in [1.807, 2.05) is 11.0 Å². The number of rotatable bonds is 19. The summed E-state index contributed by atoms with van der Waals surface area (Å²) >= 11 is 6.62. The number of benzene rings is 4. The number of halogens is 2. The van der Waals surface area contributed by atoms with Crippen molar-refractivity contribution in [2.45, 2.75) is 63.9 Å². The predicted octanol–water partition coefficient (Wildman–Crippen LogP) is 6.47. The molecule has 0 saturated carbocycles. The van der Waals surface area contributed by atoms with Gasteiger partial charge in [0.1, 0.15) is 59.4 Å². The van der Waals surface area contributed by atoms with E-state index in [4.69, 9.17) is 30.4 Å². The van der Waals surface area contributed by atoms with Gasteiger partial charge in [-0.2, -0.15) is 0 Å². The molecule has 0 unspecified atom stereocenters. The highest BCUT2D eigenvalue weighted by molar-refractivity contribution is 6.32. The number of aliphatic hydroxyl groups is 1. The highest BCUT2D eigenvalue weighted by Gasteiger charge is 2.27. The molecule has 2 atom stereocenters. The Morgan fingerprint density at radius 3 is 2.56 bits per heavy atom. The second-order valence-electron chi connectivity index (χ2n) is 13.3. The minimum absolute atomic E-state index is 0.00433. The second kappa shape index (κ2) is 18.8. The zero-order valence-electron chi connectivity index (χ0n) is 30.0. The van der Waals surface area contributed by atoms with Crippen LogP contribution in [0.1, 0.15) is 48.8 Å². The van der Waals surface area contributed by atoms with E-state index in [2.05, 4.69) is 15.6 Å². The largest absolute Gasteiger partial charge is 0.494 e. The number of ether oxygens (including phenoxy) is 3. The molecule has 13 nitrogen and oxygen atoms in total. The van der Waals surface area contributed by atoms with E-state index in [9.17, 15) is 24.9 Å². The first kappa shape index (κ1) is 39.4. The minimum atomic E-state index is -1.22. The molecule has 0 spiro atoms. The van der Waals surface area contributed by atoms with Crippen LogP contribution < -0.4 is 19.5 Å². The highest BCUT2D eigenvalue weighted by atomic mass is 35.5. The van der Waals surface area contributed by atoms with Crippen LogP contribution in [0.2, 0.25) is 5.02 Å². The number of carboxylic acids is 2. The lowest BCUT2D eigenvalue weighted by Gasteiger charge is -2.32. The Kier molecular flexibility index (Phi) is 13.5. The quantitative estimate of drug-likeness (QED) is 0.0672. The molecule has 0 aliphatic carbocycles. The zero-order valence-corrected chi connectivity index (χ0v) is 30.7. The zero-order chi connectivity index (χ0) is 38.7. The van der Waals surface area contributed by atoms with Crippen molar-refractivity contribution in [3.8, 4) is 28.4 Å². The molecule has 6 rings (SSSR count). The summed E-state index contributed by atoms with van der Waals surface area (Å²) in [5.74, 6) is -1.31. The second-order valence-corrected chi connectivity index (χ2v) is 13.7. The molecule has 1 fully saturated rings. The van der Waals surface area contributed by atoms with Crippen molar-refractivity contribution in [1.82, 2.24) is 20.5 Å². The third-order valence-corrected chi connectivity index (χ3v) is 9.76. The molecule has 0 amide bonds. The van der Waals surface area contributed by atoms with Crippen LogP contribution in [0.25, 0.3) is 22.2 Å². The summed E-state index contributed by atoms with van der Waals surface area (Å²) in [7, 11) is 0. The number of aliphatic hydroxyl groups excluding tert-OH is 1. The molecule has 2 heterocycles. The number of carboxylic acid groups (broad SMARTS) is 2. The maximum absolute atomic E-state index is 16.0. The molecule has 1 aromatic heterocycles. The lowest BCUT2D eigenvalue weighted by atomic mass is 10.0. The highest BCUT2D eigenvalue weighted by Crippen LogP contribution is 2.35. The number of nitrogens with one attached hydrogen (secondary N) is 1. The Morgan fingerprint density at radius 1 is 0.927 bits per heavy atom. The van der Waals surface area contributed by atoms with E-state index < -0.39 is 36.4 Å². The number of aromatic nitrogens is 2. The summed E-state index contributed by atoms with van der Waals surface area (Å²) in [4.78, 5) is 25.1. The number of carbonyl (C=O) groups is 2. The van der Waals surface area contributed by atoms with Gasteiger partial charge in [0.25, 0.3) is 0 Å². The van der Waals surface area contributed by atoms with E-state index in [0.717, 1.165) is 37.8 Å². The Labute approximate surface area is 321 Å². The van der Waals surface area contributed by atoms with Crippen molar-refractivity contribution < 1.29 is 48.1 Å². The molecule has 15 heteroatoms. The fraction of sp³-hybridized carbons (Fsp3) is 0.350. The van der Waals surface area contributed by atoms with Gasteiger partial charge in [0.05, 0.1) is 18.2 Å². The molecule has 290 valence electrons. The van der Waals surface area contributed by atoms with E-state index in [0.29, 0.717) is 58.8 Å². The summed E-state index contributed by atoms with van der Waals surface area (Å²) in [5, 5.41) is 39.0. The van der Waals surface area contributed by atoms with Gasteiger partial charge in [0, 0.05) is 29.3 Å². The fourth-order valence-corrected chi connectivity index (χ4v) is 6.71. The maximum Gasteiger partial charge on any atom is 0.323 e. The van der Waals surface area contributed by atoms with Crippen molar-refractivity contribution >= 4 is 34.6 Å². The lowest BCUT2D eigenvalue weighted by molar-refractivity contribution is -0.144. The van der Waals surface area contributed by atoms with Crippen molar-refractivity contribution in [2.24, 2.45) is 0 Å². The summed E-state index contributed by atoms with van der Waals surface area (Å²) in [6, 6.07) is 19.0. The minimum Gasteiger partial charge on any atom is -0.494 e. The average Bonchev–Trinajstić information content (AvgIpc) is 3.66. The van der Waals surface area contributed by atoms with E-state index in [1.165, 1.54) is 0 Å². The van der Waals surface area contributed by atoms with Gasteiger partial charge in [0.15, 0.2) is 0 Å². The number of aliphatic carboxylic acids is 2. The van der Waals surface area contributed by atoms with Crippen molar-refractivity contribution in [3.05, 3.63) is 100 Å². The van der Waals surface area contributed by atoms with Gasteiger partial charge < -0.3 is 29.5 Å². The number of nitrogens with zero attached hydrogens (tertiary/aromatic N) is 3. The van der Waals surface area contributed by atoms with Gasteiger partial charge in [-0.3, -0.25) is 19.8 Å². The normalized spacial score (nSPS) is 15.1. The molecule has 0 bridgehead atoms. The molecule has 0 radical (unpaired) electrons. The standard InChI is InChI=1S/C40H42ClFN4O9/c41-31-19-28(21-43-34(22-47)39(48)49)36(53-23-25-12-13-32-33(17-25)45-55-44-32)20-37(31)54-24-27-8-6-10-30(38(27)42)26-7-5-9-29(18-26)52-16-4-3-15-46-14-2-1-11-35(46)40(50)51/h5-10,12-13,17-20,34-35,43,47H,1-4,11,14-16,21-24H2,(H,48,49)(H,50,51)/t34-,35+/m1/s1. The average molecular weight is 777 g/mol. The van der Waals surface area contributed by atoms with Gasteiger partial charge in [-0.25, -0.2) is 9.02 Å². The van der Waals surface area contributed by atoms with Crippen LogP contribution in [-0.4, -0.2) is 80.9 Å². The summed E-state index contributed by atoms with van der Waals surface area (Å²) in [6.45, 7) is 1.28. The fourth-order valence-electron chi connectivity index (χ4n) is 6.47.